The molecule has 3 aliphatic rings. The van der Waals surface area contributed by atoms with Crippen LogP contribution in [0, 0.1) is 30.6 Å². The molecule has 5 nitrogen and oxygen atoms in total. The number of nitrogens with zero attached hydrogens (tertiary/aromatic N) is 2. The second-order valence-corrected chi connectivity index (χ2v) is 8.04. The van der Waals surface area contributed by atoms with Gasteiger partial charge in [0.2, 0.25) is 0 Å². The second-order valence-electron chi connectivity index (χ2n) is 8.04. The molecule has 0 radical (unpaired) electrons. The fourth-order valence-corrected chi connectivity index (χ4v) is 4.68. The molecule has 0 spiro atoms. The van der Waals surface area contributed by atoms with Gasteiger partial charge in [-0.3, -0.25) is 9.59 Å². The number of fused-ring (bicyclic) bond motifs is 5. The van der Waals surface area contributed by atoms with Gasteiger partial charge in [-0.1, -0.05) is 54.1 Å². The van der Waals surface area contributed by atoms with Crippen LogP contribution in [0.4, 0.5) is 0 Å². The highest BCUT2D eigenvalue weighted by atomic mass is 16.5. The molecule has 1 saturated carbocycles. The predicted molar refractivity (Wildman–Crippen MR) is 109 cm³/mol. The molecule has 2 bridgehead atoms. The quantitative estimate of drug-likeness (QED) is 0.447. The van der Waals surface area contributed by atoms with E-state index in [4.69, 9.17) is 4.74 Å². The highest BCUT2D eigenvalue weighted by Crippen LogP contribution is 2.52. The van der Waals surface area contributed by atoms with Crippen molar-refractivity contribution in [3.8, 4) is 5.75 Å². The van der Waals surface area contributed by atoms with Crippen molar-refractivity contribution in [1.82, 2.24) is 5.01 Å². The topological polar surface area (TPSA) is 59.0 Å². The van der Waals surface area contributed by atoms with Gasteiger partial charge in [0.05, 0.1) is 18.1 Å². The van der Waals surface area contributed by atoms with Crippen molar-refractivity contribution >= 4 is 18.0 Å². The third-order valence-corrected chi connectivity index (χ3v) is 6.19. The van der Waals surface area contributed by atoms with E-state index in [0.29, 0.717) is 12.4 Å². The Balaban J connectivity index is 1.32. The van der Waals surface area contributed by atoms with Crippen LogP contribution in [0.1, 0.15) is 23.1 Å². The van der Waals surface area contributed by atoms with Gasteiger partial charge < -0.3 is 4.74 Å². The van der Waals surface area contributed by atoms with Crippen LogP contribution in [0.2, 0.25) is 0 Å². The lowest BCUT2D eigenvalue weighted by molar-refractivity contribution is -0.140. The van der Waals surface area contributed by atoms with E-state index in [9.17, 15) is 9.59 Å². The van der Waals surface area contributed by atoms with E-state index in [2.05, 4.69) is 29.4 Å². The number of hydrogen-bond donors (Lipinski definition) is 0. The first-order chi connectivity index (χ1) is 14.1. The number of rotatable bonds is 5. The summed E-state index contributed by atoms with van der Waals surface area (Å²) in [5, 5.41) is 5.33. The maximum absolute atomic E-state index is 12.8. The Hall–Kier alpha value is -3.21. The first-order valence-electron chi connectivity index (χ1n) is 9.99. The average molecular weight is 386 g/mol. The van der Waals surface area contributed by atoms with Gasteiger partial charge in [-0.2, -0.15) is 10.1 Å². The first-order valence-corrected chi connectivity index (χ1v) is 9.99. The molecular formula is C24H22N2O3. The highest BCUT2D eigenvalue weighted by Gasteiger charge is 2.59. The van der Waals surface area contributed by atoms with Gasteiger partial charge in [-0.05, 0) is 42.9 Å². The second kappa shape index (κ2) is 6.99. The zero-order valence-corrected chi connectivity index (χ0v) is 16.2. The monoisotopic (exact) mass is 386 g/mol. The summed E-state index contributed by atoms with van der Waals surface area (Å²) in [6.45, 7) is 2.49. The molecular weight excluding hydrogens is 364 g/mol. The third kappa shape index (κ3) is 3.07. The number of carbonyl (C=O) groups excluding carboxylic acids is 2. The van der Waals surface area contributed by atoms with Crippen molar-refractivity contribution in [1.29, 1.82) is 0 Å². The summed E-state index contributed by atoms with van der Waals surface area (Å²) >= 11 is 0. The standard InChI is InChI=1S/C24H22N2O3/c1-15-6-8-16(9-7-15)14-29-20-5-3-2-4-19(20)13-25-26-23(27)21-17-10-11-18(12-17)22(21)24(26)28/h2-11,13,17-18,21-22H,12,14H2,1H3/t17-,18-,21-,22+/m0/s1. The Morgan fingerprint density at radius 1 is 1.00 bits per heavy atom. The highest BCUT2D eigenvalue weighted by molar-refractivity contribution is 6.06. The molecule has 1 saturated heterocycles. The summed E-state index contributed by atoms with van der Waals surface area (Å²) in [6, 6.07) is 15.7. The molecule has 0 unspecified atom stereocenters. The number of carbonyl (C=O) groups is 2. The normalized spacial score (nSPS) is 27.3. The van der Waals surface area contributed by atoms with Crippen LogP contribution >= 0.6 is 0 Å². The van der Waals surface area contributed by atoms with Crippen LogP contribution in [0.5, 0.6) is 5.75 Å². The van der Waals surface area contributed by atoms with E-state index in [0.717, 1.165) is 22.6 Å². The van der Waals surface area contributed by atoms with Crippen molar-refractivity contribution in [2.45, 2.75) is 20.0 Å². The zero-order chi connectivity index (χ0) is 20.0. The molecule has 1 heterocycles. The molecule has 29 heavy (non-hydrogen) atoms. The molecule has 2 fully saturated rings. The smallest absolute Gasteiger partial charge is 0.254 e. The molecule has 2 aromatic carbocycles. The van der Waals surface area contributed by atoms with Gasteiger partial charge in [0, 0.05) is 5.56 Å². The predicted octanol–water partition coefficient (Wildman–Crippen LogP) is 3.72. The Morgan fingerprint density at radius 2 is 1.66 bits per heavy atom. The molecule has 2 aromatic rings. The molecule has 1 aliphatic heterocycles. The molecule has 4 atom stereocenters. The fraction of sp³-hybridized carbons (Fsp3) is 0.292. The van der Waals surface area contributed by atoms with E-state index in [1.54, 1.807) is 6.21 Å². The van der Waals surface area contributed by atoms with Gasteiger partial charge in [-0.25, -0.2) is 0 Å². The minimum Gasteiger partial charge on any atom is -0.488 e. The molecule has 0 aromatic heterocycles. The lowest BCUT2D eigenvalue weighted by Gasteiger charge is -2.13. The van der Waals surface area contributed by atoms with Gasteiger partial charge >= 0.3 is 0 Å². The van der Waals surface area contributed by atoms with Crippen molar-refractivity contribution in [3.05, 3.63) is 77.4 Å². The molecule has 5 heteroatoms. The minimum absolute atomic E-state index is 0.175. The van der Waals surface area contributed by atoms with Crippen molar-refractivity contribution in [2.24, 2.45) is 28.8 Å². The van der Waals surface area contributed by atoms with Crippen molar-refractivity contribution in [2.75, 3.05) is 0 Å². The van der Waals surface area contributed by atoms with E-state index in [1.165, 1.54) is 5.56 Å². The minimum atomic E-state index is -0.234. The number of benzene rings is 2. The SMILES string of the molecule is Cc1ccc(COc2ccccc2C=NN2C(=O)[C@@H]3[C@H](C2=O)[C@H]2C=C[C@H]3C2)cc1. The molecule has 5 rings (SSSR count). The Bertz CT molecular complexity index is 995. The maximum Gasteiger partial charge on any atom is 0.254 e. The molecule has 146 valence electrons. The average Bonchev–Trinajstić information content (AvgIpc) is 3.41. The summed E-state index contributed by atoms with van der Waals surface area (Å²) in [6.07, 6.45) is 6.63. The summed E-state index contributed by atoms with van der Waals surface area (Å²) in [7, 11) is 0. The molecule has 0 N–H and O–H groups in total. The Morgan fingerprint density at radius 3 is 2.34 bits per heavy atom. The number of hydrogen-bond acceptors (Lipinski definition) is 4. The summed E-state index contributed by atoms with van der Waals surface area (Å²) in [5.74, 6) is 0.221. The number of aryl methyl sites for hydroxylation is 1. The summed E-state index contributed by atoms with van der Waals surface area (Å²) < 4.78 is 5.96. The van der Waals surface area contributed by atoms with Crippen LogP contribution in [0.25, 0.3) is 0 Å². The van der Waals surface area contributed by atoms with Crippen LogP contribution in [-0.4, -0.2) is 23.0 Å². The molecule has 2 amide bonds. The maximum atomic E-state index is 12.8. The Labute approximate surface area is 169 Å². The first kappa shape index (κ1) is 17.9. The summed E-state index contributed by atoms with van der Waals surface area (Å²) in [5.41, 5.74) is 3.01. The van der Waals surface area contributed by atoms with Gasteiger partial charge in [-0.15, -0.1) is 0 Å². The fourth-order valence-electron chi connectivity index (χ4n) is 4.68. The lowest BCUT2D eigenvalue weighted by Crippen LogP contribution is -2.28. The summed E-state index contributed by atoms with van der Waals surface area (Å²) in [4.78, 5) is 25.5. The number of imide groups is 1. The van der Waals surface area contributed by atoms with Crippen molar-refractivity contribution < 1.29 is 14.3 Å². The van der Waals surface area contributed by atoms with Gasteiger partial charge in [0.25, 0.3) is 11.8 Å². The van der Waals surface area contributed by atoms with E-state index < -0.39 is 0 Å². The van der Waals surface area contributed by atoms with Crippen molar-refractivity contribution in [3.63, 3.8) is 0 Å². The third-order valence-electron chi connectivity index (χ3n) is 6.19. The number of para-hydroxylation sites is 1. The van der Waals surface area contributed by atoms with Crippen LogP contribution in [-0.2, 0) is 16.2 Å². The number of allylic oxidation sites excluding steroid dienone is 2. The van der Waals surface area contributed by atoms with E-state index >= 15 is 0 Å². The van der Waals surface area contributed by atoms with Crippen LogP contribution in [0.3, 0.4) is 0 Å². The van der Waals surface area contributed by atoms with Crippen LogP contribution in [0.15, 0.2) is 65.8 Å². The van der Waals surface area contributed by atoms with E-state index in [-0.39, 0.29) is 35.5 Å². The number of ether oxygens (including phenoxy) is 1. The Kier molecular flexibility index (Phi) is 4.31. The van der Waals surface area contributed by atoms with Crippen LogP contribution < -0.4 is 4.74 Å². The molecule has 2 aliphatic carbocycles. The lowest BCUT2D eigenvalue weighted by atomic mass is 9.85. The van der Waals surface area contributed by atoms with E-state index in [1.807, 2.05) is 43.3 Å². The van der Waals surface area contributed by atoms with Gasteiger partial charge in [0.1, 0.15) is 12.4 Å². The number of amides is 2. The zero-order valence-electron chi connectivity index (χ0n) is 16.2. The van der Waals surface area contributed by atoms with Gasteiger partial charge in [0.15, 0.2) is 0 Å². The largest absolute Gasteiger partial charge is 0.488 e. The number of hydrazone groups is 1.